The van der Waals surface area contributed by atoms with Gasteiger partial charge >= 0.3 is 0 Å². The maximum Gasteiger partial charge on any atom is 0.223 e. The Morgan fingerprint density at radius 2 is 2.14 bits per heavy atom. The highest BCUT2D eigenvalue weighted by atomic mass is 16.3. The fraction of sp³-hybridized carbons (Fsp3) is 0.727. The van der Waals surface area contributed by atoms with Gasteiger partial charge in [-0.3, -0.25) is 4.79 Å². The molecule has 1 amide bonds. The fourth-order valence-corrected chi connectivity index (χ4v) is 0.878. The number of carbonyl (C=O) groups excluding carboxylic acids is 1. The molecule has 0 rings (SSSR count). The molecule has 3 nitrogen and oxygen atoms in total. The third kappa shape index (κ3) is 6.50. The van der Waals surface area contributed by atoms with E-state index >= 15 is 0 Å². The van der Waals surface area contributed by atoms with E-state index in [-0.39, 0.29) is 12.5 Å². The number of hydrogen-bond donors (Lipinski definition) is 1. The molecule has 14 heavy (non-hydrogen) atoms. The van der Waals surface area contributed by atoms with Gasteiger partial charge in [0.2, 0.25) is 5.91 Å². The first-order valence-electron chi connectivity index (χ1n) is 4.91. The van der Waals surface area contributed by atoms with E-state index in [2.05, 4.69) is 11.8 Å². The van der Waals surface area contributed by atoms with Crippen LogP contribution in [0.25, 0.3) is 0 Å². The molecule has 0 bridgehead atoms. The summed E-state index contributed by atoms with van der Waals surface area (Å²) in [7, 11) is 1.73. The van der Waals surface area contributed by atoms with E-state index < -0.39 is 0 Å². The highest BCUT2D eigenvalue weighted by Crippen LogP contribution is 1.94. The molecule has 1 N–H and O–H groups in total. The molecule has 0 aromatic heterocycles. The van der Waals surface area contributed by atoms with Crippen molar-refractivity contribution < 1.29 is 9.90 Å². The molecule has 0 aliphatic heterocycles. The summed E-state index contributed by atoms with van der Waals surface area (Å²) in [5, 5.41) is 8.55. The van der Waals surface area contributed by atoms with Crippen LogP contribution in [0.2, 0.25) is 0 Å². The average molecular weight is 197 g/mol. The van der Waals surface area contributed by atoms with Gasteiger partial charge in [0.15, 0.2) is 0 Å². The molecule has 0 aromatic rings. The predicted molar refractivity (Wildman–Crippen MR) is 56.6 cm³/mol. The second-order valence-electron chi connectivity index (χ2n) is 3.55. The topological polar surface area (TPSA) is 40.5 Å². The molecular weight excluding hydrogens is 178 g/mol. The van der Waals surface area contributed by atoms with Crippen LogP contribution in [0.3, 0.4) is 0 Å². The van der Waals surface area contributed by atoms with E-state index in [4.69, 9.17) is 5.11 Å². The monoisotopic (exact) mass is 197 g/mol. The molecule has 0 aliphatic carbocycles. The number of aliphatic hydroxyl groups is 1. The first-order valence-corrected chi connectivity index (χ1v) is 4.91. The van der Waals surface area contributed by atoms with Gasteiger partial charge in [0.1, 0.15) is 0 Å². The van der Waals surface area contributed by atoms with Crippen LogP contribution in [0.5, 0.6) is 0 Å². The van der Waals surface area contributed by atoms with Gasteiger partial charge in [0.25, 0.3) is 0 Å². The predicted octanol–water partition coefficient (Wildman–Crippen LogP) is 0.877. The molecule has 0 saturated heterocycles. The van der Waals surface area contributed by atoms with E-state index in [0.717, 1.165) is 0 Å². The summed E-state index contributed by atoms with van der Waals surface area (Å²) in [6, 6.07) is 0. The lowest BCUT2D eigenvalue weighted by Crippen LogP contribution is -2.26. The normalized spacial score (nSPS) is 9.50. The van der Waals surface area contributed by atoms with Crippen molar-refractivity contribution in [2.45, 2.75) is 26.7 Å². The van der Waals surface area contributed by atoms with Gasteiger partial charge in [-0.15, -0.1) is 0 Å². The number of rotatable bonds is 4. The summed E-state index contributed by atoms with van der Waals surface area (Å²) in [4.78, 5) is 12.9. The van der Waals surface area contributed by atoms with Gasteiger partial charge in [-0.2, -0.15) is 0 Å². The zero-order valence-electron chi connectivity index (χ0n) is 9.21. The Balaban J connectivity index is 3.79. The van der Waals surface area contributed by atoms with Crippen molar-refractivity contribution in [1.29, 1.82) is 0 Å². The largest absolute Gasteiger partial charge is 0.396 e. The first kappa shape index (κ1) is 13.0. The van der Waals surface area contributed by atoms with E-state index in [9.17, 15) is 4.79 Å². The van der Waals surface area contributed by atoms with E-state index in [0.29, 0.717) is 25.3 Å². The van der Waals surface area contributed by atoms with Crippen molar-refractivity contribution in [3.63, 3.8) is 0 Å². The van der Waals surface area contributed by atoms with Crippen LogP contribution in [0.4, 0.5) is 0 Å². The maximum absolute atomic E-state index is 11.3. The smallest absolute Gasteiger partial charge is 0.223 e. The summed E-state index contributed by atoms with van der Waals surface area (Å²) < 4.78 is 0. The highest BCUT2D eigenvalue weighted by Gasteiger charge is 2.05. The lowest BCUT2D eigenvalue weighted by molar-refractivity contribution is -0.129. The molecule has 80 valence electrons. The lowest BCUT2D eigenvalue weighted by Gasteiger charge is -2.12. The highest BCUT2D eigenvalue weighted by molar-refractivity contribution is 5.76. The molecule has 0 aromatic carbocycles. The summed E-state index contributed by atoms with van der Waals surface area (Å²) in [6.07, 6.45) is 0.928. The van der Waals surface area contributed by atoms with Gasteiger partial charge in [-0.1, -0.05) is 25.7 Å². The quantitative estimate of drug-likeness (QED) is 0.680. The minimum atomic E-state index is 0.0390. The minimum absolute atomic E-state index is 0.0390. The van der Waals surface area contributed by atoms with Crippen molar-refractivity contribution in [3.8, 4) is 11.8 Å². The van der Waals surface area contributed by atoms with Crippen LogP contribution in [-0.4, -0.2) is 36.1 Å². The van der Waals surface area contributed by atoms with Crippen LogP contribution in [0, 0.1) is 17.8 Å². The van der Waals surface area contributed by atoms with Crippen molar-refractivity contribution >= 4 is 5.91 Å². The number of aliphatic hydroxyl groups excluding tert-OH is 1. The van der Waals surface area contributed by atoms with Crippen molar-refractivity contribution in [3.05, 3.63) is 0 Å². The summed E-state index contributed by atoms with van der Waals surface area (Å²) in [5.41, 5.74) is 0. The van der Waals surface area contributed by atoms with Crippen LogP contribution in [0.15, 0.2) is 0 Å². The first-order chi connectivity index (χ1) is 6.57. The molecule has 0 saturated carbocycles. The van der Waals surface area contributed by atoms with Crippen LogP contribution < -0.4 is 0 Å². The molecule has 0 heterocycles. The van der Waals surface area contributed by atoms with Crippen molar-refractivity contribution in [1.82, 2.24) is 4.90 Å². The molecule has 0 fully saturated rings. The number of nitrogens with zero attached hydrogens (tertiary/aromatic N) is 1. The molecule has 0 spiro atoms. The molecule has 0 aliphatic rings. The Labute approximate surface area is 86.1 Å². The van der Waals surface area contributed by atoms with E-state index in [1.54, 1.807) is 11.9 Å². The molecular formula is C11H19NO2. The fourth-order valence-electron chi connectivity index (χ4n) is 0.878. The second-order valence-corrected chi connectivity index (χ2v) is 3.55. The molecule has 0 atom stereocenters. The SMILES string of the molecule is CC(C)C#CCN(C)C(=O)CCCO. The van der Waals surface area contributed by atoms with Gasteiger partial charge < -0.3 is 10.0 Å². The zero-order valence-corrected chi connectivity index (χ0v) is 9.21. The van der Waals surface area contributed by atoms with Crippen LogP contribution >= 0.6 is 0 Å². The molecule has 0 unspecified atom stereocenters. The standard InChI is InChI=1S/C11H19NO2/c1-10(2)6-4-8-12(3)11(14)7-5-9-13/h10,13H,5,7-9H2,1-3H3. The summed E-state index contributed by atoms with van der Waals surface area (Å²) in [5.74, 6) is 6.31. The summed E-state index contributed by atoms with van der Waals surface area (Å²) in [6.45, 7) is 4.57. The van der Waals surface area contributed by atoms with Gasteiger partial charge in [-0.05, 0) is 6.42 Å². The van der Waals surface area contributed by atoms with Crippen molar-refractivity contribution in [2.24, 2.45) is 5.92 Å². The third-order valence-corrected chi connectivity index (χ3v) is 1.68. The number of hydrogen-bond acceptors (Lipinski definition) is 2. The summed E-state index contributed by atoms with van der Waals surface area (Å²) >= 11 is 0. The lowest BCUT2D eigenvalue weighted by atomic mass is 10.2. The van der Waals surface area contributed by atoms with Crippen molar-refractivity contribution in [2.75, 3.05) is 20.2 Å². The van der Waals surface area contributed by atoms with E-state index in [1.807, 2.05) is 13.8 Å². The molecule has 3 heteroatoms. The van der Waals surface area contributed by atoms with Gasteiger partial charge in [-0.25, -0.2) is 0 Å². The Kier molecular flexibility index (Phi) is 6.87. The number of amides is 1. The van der Waals surface area contributed by atoms with Gasteiger partial charge in [0, 0.05) is 26.0 Å². The third-order valence-electron chi connectivity index (χ3n) is 1.68. The Morgan fingerprint density at radius 3 is 2.64 bits per heavy atom. The minimum Gasteiger partial charge on any atom is -0.396 e. The Bertz CT molecular complexity index is 225. The van der Waals surface area contributed by atoms with Crippen LogP contribution in [0.1, 0.15) is 26.7 Å². The van der Waals surface area contributed by atoms with Crippen LogP contribution in [-0.2, 0) is 4.79 Å². The second kappa shape index (κ2) is 7.40. The average Bonchev–Trinajstić information content (AvgIpc) is 2.13. The van der Waals surface area contributed by atoms with E-state index in [1.165, 1.54) is 0 Å². The Morgan fingerprint density at radius 1 is 1.50 bits per heavy atom. The zero-order chi connectivity index (χ0) is 11.0. The Hall–Kier alpha value is -1.01. The molecule has 0 radical (unpaired) electrons. The maximum atomic E-state index is 11.3. The van der Waals surface area contributed by atoms with Gasteiger partial charge in [0.05, 0.1) is 6.54 Å². The number of carbonyl (C=O) groups is 1.